The highest BCUT2D eigenvalue weighted by atomic mass is 32.2. The van der Waals surface area contributed by atoms with Crippen molar-refractivity contribution in [2.45, 2.75) is 42.5 Å². The number of benzene rings is 1. The van der Waals surface area contributed by atoms with E-state index in [1.54, 1.807) is 0 Å². The van der Waals surface area contributed by atoms with Gasteiger partial charge in [-0.1, -0.05) is 19.3 Å². The standard InChI is InChI=1S/C14H21N3O5S/c1-22-12-6-5-11(17(18)19)9-13(12)23(20,21)16-10-14(15)7-3-2-4-8-14/h5-6,9,16H,2-4,7-8,10,15H2,1H3. The Morgan fingerprint density at radius 1 is 1.35 bits per heavy atom. The molecule has 0 aliphatic heterocycles. The van der Waals surface area contributed by atoms with Gasteiger partial charge in [-0.2, -0.15) is 0 Å². The highest BCUT2D eigenvalue weighted by Crippen LogP contribution is 2.29. The van der Waals surface area contributed by atoms with Gasteiger partial charge in [0.05, 0.1) is 12.0 Å². The van der Waals surface area contributed by atoms with Crippen LogP contribution in [0.3, 0.4) is 0 Å². The molecule has 0 spiro atoms. The zero-order valence-electron chi connectivity index (χ0n) is 12.9. The number of ether oxygens (including phenoxy) is 1. The lowest BCUT2D eigenvalue weighted by Gasteiger charge is -2.33. The van der Waals surface area contributed by atoms with Crippen LogP contribution in [0.4, 0.5) is 5.69 Å². The fraction of sp³-hybridized carbons (Fsp3) is 0.571. The predicted molar refractivity (Wildman–Crippen MR) is 84.8 cm³/mol. The molecule has 0 saturated heterocycles. The zero-order valence-corrected chi connectivity index (χ0v) is 13.8. The summed E-state index contributed by atoms with van der Waals surface area (Å²) in [6.45, 7) is 0.0984. The molecule has 0 bridgehead atoms. The number of methoxy groups -OCH3 is 1. The second-order valence-electron chi connectivity index (χ2n) is 5.84. The first-order valence-electron chi connectivity index (χ1n) is 7.38. The molecule has 1 aromatic carbocycles. The monoisotopic (exact) mass is 343 g/mol. The van der Waals surface area contributed by atoms with E-state index in [-0.39, 0.29) is 22.9 Å². The SMILES string of the molecule is COc1ccc([N+](=O)[O-])cc1S(=O)(=O)NCC1(N)CCCCC1. The number of nitro benzene ring substituents is 1. The summed E-state index contributed by atoms with van der Waals surface area (Å²) in [5, 5.41) is 10.9. The van der Waals surface area contributed by atoms with Crippen LogP contribution in [0, 0.1) is 10.1 Å². The third kappa shape index (κ3) is 4.18. The number of rotatable bonds is 6. The van der Waals surface area contributed by atoms with Gasteiger partial charge in [0.2, 0.25) is 10.0 Å². The summed E-state index contributed by atoms with van der Waals surface area (Å²) in [7, 11) is -2.64. The zero-order chi connectivity index (χ0) is 17.1. The lowest BCUT2D eigenvalue weighted by atomic mass is 9.83. The highest BCUT2D eigenvalue weighted by Gasteiger charge is 2.30. The summed E-state index contributed by atoms with van der Waals surface area (Å²) in [6, 6.07) is 3.46. The van der Waals surface area contributed by atoms with Crippen LogP contribution in [0.5, 0.6) is 5.75 Å². The van der Waals surface area contributed by atoms with E-state index in [4.69, 9.17) is 10.5 Å². The summed E-state index contributed by atoms with van der Waals surface area (Å²) in [5.41, 5.74) is 5.34. The van der Waals surface area contributed by atoms with Crippen molar-refractivity contribution in [2.24, 2.45) is 5.73 Å². The summed E-state index contributed by atoms with van der Waals surface area (Å²) in [5.74, 6) is 0.0535. The second-order valence-corrected chi connectivity index (χ2v) is 7.58. The number of nitrogens with two attached hydrogens (primary N) is 1. The molecule has 3 N–H and O–H groups in total. The molecule has 1 aliphatic carbocycles. The maximum atomic E-state index is 12.5. The van der Waals surface area contributed by atoms with Crippen molar-refractivity contribution >= 4 is 15.7 Å². The molecule has 128 valence electrons. The lowest BCUT2D eigenvalue weighted by Crippen LogP contribution is -2.51. The van der Waals surface area contributed by atoms with Crippen molar-refractivity contribution in [1.29, 1.82) is 0 Å². The highest BCUT2D eigenvalue weighted by molar-refractivity contribution is 7.89. The van der Waals surface area contributed by atoms with Crippen LogP contribution in [-0.2, 0) is 10.0 Å². The molecular formula is C14H21N3O5S. The van der Waals surface area contributed by atoms with Crippen molar-refractivity contribution in [3.8, 4) is 5.75 Å². The minimum atomic E-state index is -3.96. The van der Waals surface area contributed by atoms with Gasteiger partial charge < -0.3 is 10.5 Å². The number of sulfonamides is 1. The molecule has 1 fully saturated rings. The molecule has 1 aliphatic rings. The van der Waals surface area contributed by atoms with Gasteiger partial charge in [-0.15, -0.1) is 0 Å². The van der Waals surface area contributed by atoms with Crippen molar-refractivity contribution in [2.75, 3.05) is 13.7 Å². The fourth-order valence-electron chi connectivity index (χ4n) is 2.74. The Morgan fingerprint density at radius 3 is 2.57 bits per heavy atom. The first-order valence-corrected chi connectivity index (χ1v) is 8.87. The smallest absolute Gasteiger partial charge is 0.271 e. The number of nitro groups is 1. The normalized spacial score (nSPS) is 17.7. The Bertz CT molecular complexity index is 684. The number of hydrogen-bond donors (Lipinski definition) is 2. The van der Waals surface area contributed by atoms with E-state index in [2.05, 4.69) is 4.72 Å². The van der Waals surface area contributed by atoms with Crippen LogP contribution in [0.25, 0.3) is 0 Å². The molecule has 0 unspecified atom stereocenters. The first-order chi connectivity index (χ1) is 10.8. The van der Waals surface area contributed by atoms with Gasteiger partial charge in [-0.25, -0.2) is 13.1 Å². The molecule has 9 heteroatoms. The quantitative estimate of drug-likeness (QED) is 0.596. The molecule has 0 radical (unpaired) electrons. The molecular weight excluding hydrogens is 322 g/mol. The van der Waals surface area contributed by atoms with E-state index in [0.717, 1.165) is 38.2 Å². The summed E-state index contributed by atoms with van der Waals surface area (Å²) in [4.78, 5) is 9.96. The van der Waals surface area contributed by atoms with Crippen LogP contribution in [0.2, 0.25) is 0 Å². The number of nitrogens with one attached hydrogen (secondary N) is 1. The maximum Gasteiger partial charge on any atom is 0.271 e. The van der Waals surface area contributed by atoms with Gasteiger partial charge in [0.15, 0.2) is 0 Å². The van der Waals surface area contributed by atoms with Crippen LogP contribution in [0.15, 0.2) is 23.1 Å². The van der Waals surface area contributed by atoms with Crippen molar-refractivity contribution in [3.63, 3.8) is 0 Å². The summed E-state index contributed by atoms with van der Waals surface area (Å²) < 4.78 is 32.5. The maximum absolute atomic E-state index is 12.5. The van der Waals surface area contributed by atoms with E-state index < -0.39 is 20.5 Å². The van der Waals surface area contributed by atoms with E-state index >= 15 is 0 Å². The molecule has 0 heterocycles. The average molecular weight is 343 g/mol. The molecule has 1 aromatic rings. The van der Waals surface area contributed by atoms with Crippen LogP contribution >= 0.6 is 0 Å². The van der Waals surface area contributed by atoms with E-state index in [0.29, 0.717) is 0 Å². The van der Waals surface area contributed by atoms with E-state index in [1.807, 2.05) is 0 Å². The predicted octanol–water partition coefficient (Wildman–Crippen LogP) is 1.54. The largest absolute Gasteiger partial charge is 0.495 e. The Morgan fingerprint density at radius 2 is 2.00 bits per heavy atom. The summed E-state index contributed by atoms with van der Waals surface area (Å²) >= 11 is 0. The number of nitrogens with zero attached hydrogens (tertiary/aromatic N) is 1. The van der Waals surface area contributed by atoms with Crippen LogP contribution in [-0.4, -0.2) is 32.5 Å². The fourth-order valence-corrected chi connectivity index (χ4v) is 4.06. The number of hydrogen-bond acceptors (Lipinski definition) is 6. The first kappa shape index (κ1) is 17.6. The Balaban J connectivity index is 2.24. The summed E-state index contributed by atoms with van der Waals surface area (Å²) in [6.07, 6.45) is 4.55. The minimum Gasteiger partial charge on any atom is -0.495 e. The lowest BCUT2D eigenvalue weighted by molar-refractivity contribution is -0.385. The Labute approximate surface area is 135 Å². The number of non-ortho nitro benzene ring substituents is 1. The Kier molecular flexibility index (Phi) is 5.23. The van der Waals surface area contributed by atoms with Crippen molar-refractivity contribution in [1.82, 2.24) is 4.72 Å². The van der Waals surface area contributed by atoms with Crippen LogP contribution < -0.4 is 15.2 Å². The molecule has 8 nitrogen and oxygen atoms in total. The molecule has 23 heavy (non-hydrogen) atoms. The molecule has 2 rings (SSSR count). The minimum absolute atomic E-state index is 0.0535. The van der Waals surface area contributed by atoms with Crippen LogP contribution in [0.1, 0.15) is 32.1 Å². The van der Waals surface area contributed by atoms with Gasteiger partial charge in [0.25, 0.3) is 5.69 Å². The van der Waals surface area contributed by atoms with Crippen molar-refractivity contribution in [3.05, 3.63) is 28.3 Å². The van der Waals surface area contributed by atoms with Gasteiger partial charge in [0.1, 0.15) is 10.6 Å². The van der Waals surface area contributed by atoms with E-state index in [9.17, 15) is 18.5 Å². The average Bonchev–Trinajstić information content (AvgIpc) is 2.53. The molecule has 1 saturated carbocycles. The third-order valence-electron chi connectivity index (χ3n) is 4.11. The molecule has 0 atom stereocenters. The van der Waals surface area contributed by atoms with Gasteiger partial charge >= 0.3 is 0 Å². The molecule has 0 aromatic heterocycles. The van der Waals surface area contributed by atoms with Crippen molar-refractivity contribution < 1.29 is 18.1 Å². The van der Waals surface area contributed by atoms with Gasteiger partial charge in [-0.05, 0) is 18.9 Å². The second kappa shape index (κ2) is 6.81. The topological polar surface area (TPSA) is 125 Å². The van der Waals surface area contributed by atoms with E-state index in [1.165, 1.54) is 19.2 Å². The van der Waals surface area contributed by atoms with Gasteiger partial charge in [-0.3, -0.25) is 10.1 Å². The molecule has 0 amide bonds. The third-order valence-corrected chi connectivity index (χ3v) is 5.53. The Hall–Kier alpha value is -1.71. The van der Waals surface area contributed by atoms with Gasteiger partial charge in [0, 0.05) is 24.2 Å².